The van der Waals surface area contributed by atoms with Crippen molar-refractivity contribution in [3.05, 3.63) is 35.0 Å². The Morgan fingerprint density at radius 2 is 1.87 bits per heavy atom. The summed E-state index contributed by atoms with van der Waals surface area (Å²) in [6.45, 7) is 4.63. The molecule has 2 saturated heterocycles. The Bertz CT molecular complexity index is 1300. The summed E-state index contributed by atoms with van der Waals surface area (Å²) in [5, 5.41) is 0.612. The van der Waals surface area contributed by atoms with Crippen LogP contribution in [-0.2, 0) is 27.4 Å². The molecule has 6 nitrogen and oxygen atoms in total. The summed E-state index contributed by atoms with van der Waals surface area (Å²) >= 11 is 0. The number of nitrogens with zero attached hydrogens (tertiary/aromatic N) is 1. The fourth-order valence-corrected chi connectivity index (χ4v) is 7.43. The number of H-pyrrole nitrogens is 1. The third kappa shape index (κ3) is 5.69. The second-order valence-corrected chi connectivity index (χ2v) is 13.2. The lowest BCUT2D eigenvalue weighted by molar-refractivity contribution is -0.137. The van der Waals surface area contributed by atoms with Crippen molar-refractivity contribution in [1.29, 1.82) is 0 Å². The molecule has 0 unspecified atom stereocenters. The number of sulfonamides is 1. The fraction of sp³-hybridized carbons (Fsp3) is 0.692. The second kappa shape index (κ2) is 10.2. The van der Waals surface area contributed by atoms with Crippen molar-refractivity contribution in [2.24, 2.45) is 17.3 Å². The topological polar surface area (TPSA) is 74.4 Å². The minimum absolute atomic E-state index is 0.0365. The van der Waals surface area contributed by atoms with Gasteiger partial charge in [-0.05, 0) is 92.1 Å². The molecule has 13 heteroatoms. The predicted octanol–water partition coefficient (Wildman–Crippen LogP) is 5.41. The second-order valence-electron chi connectivity index (χ2n) is 11.4. The third-order valence-corrected chi connectivity index (χ3v) is 10.3. The summed E-state index contributed by atoms with van der Waals surface area (Å²) in [7, 11) is -5.43. The molecule has 3 heterocycles. The average molecular weight is 582 g/mol. The lowest BCUT2D eigenvalue weighted by atomic mass is 9.68. The molecule has 0 amide bonds. The summed E-state index contributed by atoms with van der Waals surface area (Å²) in [5.41, 5.74) is -4.01. The van der Waals surface area contributed by atoms with Gasteiger partial charge < -0.3 is 14.6 Å². The van der Waals surface area contributed by atoms with E-state index < -0.39 is 32.7 Å². The molecule has 39 heavy (non-hydrogen) atoms. The molecule has 2 aromatic rings. The molecule has 0 saturated carbocycles. The highest BCUT2D eigenvalue weighted by Gasteiger charge is 2.47. The van der Waals surface area contributed by atoms with Crippen LogP contribution in [0.3, 0.4) is 0 Å². The molecule has 2 N–H and O–H groups in total. The summed E-state index contributed by atoms with van der Waals surface area (Å²) in [4.78, 5) is 5.62. The van der Waals surface area contributed by atoms with Gasteiger partial charge in [-0.25, -0.2) is 13.1 Å². The van der Waals surface area contributed by atoms with Gasteiger partial charge in [-0.15, -0.1) is 0 Å². The van der Waals surface area contributed by atoms with Gasteiger partial charge in [0.15, 0.2) is 0 Å². The molecule has 1 aromatic heterocycles. The Morgan fingerprint density at radius 3 is 2.54 bits per heavy atom. The van der Waals surface area contributed by atoms with Gasteiger partial charge in [0.2, 0.25) is 0 Å². The number of aromatic amines is 1. The maximum Gasteiger partial charge on any atom is 0.511 e. The number of aromatic nitrogens is 1. The zero-order valence-electron chi connectivity index (χ0n) is 21.6. The van der Waals surface area contributed by atoms with E-state index in [1.54, 1.807) is 4.72 Å². The molecular formula is C26H33F6N3O3S. The fourth-order valence-electron chi connectivity index (χ4n) is 6.77. The number of piperidine rings is 1. The van der Waals surface area contributed by atoms with Crippen LogP contribution < -0.4 is 4.72 Å². The van der Waals surface area contributed by atoms with Crippen molar-refractivity contribution in [2.75, 3.05) is 39.4 Å². The zero-order chi connectivity index (χ0) is 28.2. The van der Waals surface area contributed by atoms with Gasteiger partial charge in [-0.3, -0.25) is 0 Å². The van der Waals surface area contributed by atoms with Crippen molar-refractivity contribution >= 4 is 20.9 Å². The quantitative estimate of drug-likeness (QED) is 0.448. The first kappa shape index (κ1) is 28.7. The number of benzene rings is 1. The summed E-state index contributed by atoms with van der Waals surface area (Å²) in [6.07, 6.45) is -1.29. The molecule has 5 rings (SSSR count). The molecule has 3 atom stereocenters. The third-order valence-electron chi connectivity index (χ3n) is 9.16. The molecule has 0 spiro atoms. The van der Waals surface area contributed by atoms with Gasteiger partial charge >= 0.3 is 21.7 Å². The van der Waals surface area contributed by atoms with Gasteiger partial charge in [-0.1, -0.05) is 6.92 Å². The smallest absolute Gasteiger partial charge is 0.381 e. The van der Waals surface area contributed by atoms with Crippen molar-refractivity contribution in [3.8, 4) is 0 Å². The Labute approximate surface area is 223 Å². The SMILES string of the molecule is C[C@H]1c2c([nH]c3ccc(C(F)(F)F)cc23)C[C@H]2CCN(CCC3(CNS(=O)(=O)C(F)(F)F)CCOCC3)C[C@@H]21. The Hall–Kier alpha value is -1.83. The van der Waals surface area contributed by atoms with E-state index in [1.807, 2.05) is 0 Å². The van der Waals surface area contributed by atoms with E-state index in [0.29, 0.717) is 55.8 Å². The number of rotatable bonds is 6. The highest BCUT2D eigenvalue weighted by Crippen LogP contribution is 2.47. The molecule has 218 valence electrons. The van der Waals surface area contributed by atoms with E-state index in [0.717, 1.165) is 43.3 Å². The first-order valence-corrected chi connectivity index (χ1v) is 14.8. The van der Waals surface area contributed by atoms with Gasteiger partial charge in [0.1, 0.15) is 0 Å². The number of hydrogen-bond donors (Lipinski definition) is 2. The van der Waals surface area contributed by atoms with Crippen molar-refractivity contribution in [3.63, 3.8) is 0 Å². The number of halogens is 6. The number of likely N-dealkylation sites (tertiary alicyclic amines) is 1. The molecule has 2 aliphatic heterocycles. The lowest BCUT2D eigenvalue weighted by Crippen LogP contribution is -2.49. The summed E-state index contributed by atoms with van der Waals surface area (Å²) in [6, 6.07) is 3.84. The van der Waals surface area contributed by atoms with Gasteiger partial charge in [0, 0.05) is 42.9 Å². The first-order valence-electron chi connectivity index (χ1n) is 13.3. The molecule has 0 bridgehead atoms. The Morgan fingerprint density at radius 1 is 1.15 bits per heavy atom. The van der Waals surface area contributed by atoms with Crippen LogP contribution in [0.15, 0.2) is 18.2 Å². The van der Waals surface area contributed by atoms with Gasteiger partial charge in [-0.2, -0.15) is 26.3 Å². The molecular weight excluding hydrogens is 548 g/mol. The first-order chi connectivity index (χ1) is 18.2. The van der Waals surface area contributed by atoms with E-state index >= 15 is 0 Å². The van der Waals surface area contributed by atoms with Crippen LogP contribution in [-0.4, -0.2) is 63.2 Å². The summed E-state index contributed by atoms with van der Waals surface area (Å²) in [5.74, 6) is 0.651. The number of alkyl halides is 6. The molecule has 1 aromatic carbocycles. The van der Waals surface area contributed by atoms with Gasteiger partial charge in [0.05, 0.1) is 5.56 Å². The van der Waals surface area contributed by atoms with Crippen molar-refractivity contribution in [1.82, 2.24) is 14.6 Å². The minimum atomic E-state index is -5.43. The maximum absolute atomic E-state index is 13.4. The molecule has 3 aliphatic rings. The van der Waals surface area contributed by atoms with Gasteiger partial charge in [0.25, 0.3) is 0 Å². The number of hydrogen-bond acceptors (Lipinski definition) is 4. The van der Waals surface area contributed by atoms with Crippen LogP contribution >= 0.6 is 0 Å². The van der Waals surface area contributed by atoms with E-state index in [4.69, 9.17) is 4.74 Å². The largest absolute Gasteiger partial charge is 0.511 e. The van der Waals surface area contributed by atoms with Crippen LogP contribution in [0.4, 0.5) is 26.3 Å². The highest BCUT2D eigenvalue weighted by molar-refractivity contribution is 7.90. The zero-order valence-corrected chi connectivity index (χ0v) is 22.4. The highest BCUT2D eigenvalue weighted by atomic mass is 32.2. The molecule has 0 radical (unpaired) electrons. The Kier molecular flexibility index (Phi) is 7.52. The van der Waals surface area contributed by atoms with E-state index in [2.05, 4.69) is 16.8 Å². The van der Waals surface area contributed by atoms with E-state index in [-0.39, 0.29) is 18.4 Å². The number of fused-ring (bicyclic) bond motifs is 4. The van der Waals surface area contributed by atoms with Crippen LogP contribution in [0.2, 0.25) is 0 Å². The molecule has 2 fully saturated rings. The van der Waals surface area contributed by atoms with E-state index in [9.17, 15) is 34.8 Å². The van der Waals surface area contributed by atoms with Crippen molar-refractivity contribution in [2.45, 2.75) is 56.6 Å². The molecule has 1 aliphatic carbocycles. The van der Waals surface area contributed by atoms with Crippen molar-refractivity contribution < 1.29 is 39.5 Å². The summed E-state index contributed by atoms with van der Waals surface area (Å²) < 4.78 is 109. The maximum atomic E-state index is 13.4. The Balaban J connectivity index is 1.29. The average Bonchev–Trinajstić information content (AvgIpc) is 3.24. The monoisotopic (exact) mass is 581 g/mol. The van der Waals surface area contributed by atoms with Crippen LogP contribution in [0, 0.1) is 17.3 Å². The standard InChI is InChI=1S/C26H33F6N3O3S/c1-16-20-14-35(9-5-24(6-10-38-11-7-24)15-33-39(36,37)26(30,31)32)8-4-17(20)12-22-23(16)19-13-18(25(27,28)29)2-3-21(19)34-22/h2-3,13,16-17,20,33-34H,4-12,14-15H2,1H3/t16-,17-,20-/m1/s1. The van der Waals surface area contributed by atoms with Crippen LogP contribution in [0.25, 0.3) is 10.9 Å². The van der Waals surface area contributed by atoms with E-state index in [1.165, 1.54) is 12.1 Å². The number of ether oxygens (including phenoxy) is 1. The normalized spacial score (nSPS) is 26.4. The minimum Gasteiger partial charge on any atom is -0.381 e. The van der Waals surface area contributed by atoms with Crippen LogP contribution in [0.5, 0.6) is 0 Å². The predicted molar refractivity (Wildman–Crippen MR) is 134 cm³/mol. The lowest BCUT2D eigenvalue weighted by Gasteiger charge is -2.46. The van der Waals surface area contributed by atoms with Crippen LogP contribution in [0.1, 0.15) is 55.3 Å². The number of nitrogens with one attached hydrogen (secondary N) is 2.